The Kier molecular flexibility index (Phi) is 49.6. The van der Waals surface area contributed by atoms with Crippen molar-refractivity contribution in [1.29, 1.82) is 0 Å². The number of hydrogen-bond donors (Lipinski definition) is 2. The van der Waals surface area contributed by atoms with Gasteiger partial charge in [-0.25, -0.2) is 0 Å². The fourth-order valence-electron chi connectivity index (χ4n) is 9.96. The Morgan fingerprint density at radius 3 is 1.36 bits per heavy atom. The third-order valence-electron chi connectivity index (χ3n) is 15.6. The second-order valence-electron chi connectivity index (χ2n) is 21.7. The molecule has 2 saturated carbocycles. The van der Waals surface area contributed by atoms with E-state index in [0.29, 0.717) is 48.0 Å². The molecule has 4 bridgehead atoms. The van der Waals surface area contributed by atoms with Crippen LogP contribution in [0.15, 0.2) is 152 Å². The van der Waals surface area contributed by atoms with Crippen LogP contribution in [-0.2, 0) is 19.1 Å². The largest absolute Gasteiger partial charge is 1.00 e. The van der Waals surface area contributed by atoms with E-state index in [-0.39, 0.29) is 84.4 Å². The Bertz CT molecular complexity index is 2140. The first-order valence-corrected chi connectivity index (χ1v) is 29.3. The van der Waals surface area contributed by atoms with Crippen LogP contribution in [0, 0.1) is 66.1 Å². The van der Waals surface area contributed by atoms with Crippen molar-refractivity contribution >= 4 is 18.0 Å². The van der Waals surface area contributed by atoms with Gasteiger partial charge < -0.3 is 26.1 Å². The number of carboxylic acid groups (broad SMARTS) is 1. The van der Waals surface area contributed by atoms with Gasteiger partial charge in [-0.2, -0.15) is 37.5 Å². The zero-order valence-electron chi connectivity index (χ0n) is 50.2. The van der Waals surface area contributed by atoms with E-state index >= 15 is 0 Å². The summed E-state index contributed by atoms with van der Waals surface area (Å²) in [7, 11) is 0. The molecule has 6 nitrogen and oxygen atoms in total. The molecule has 0 aromatic heterocycles. The maximum atomic E-state index is 12.4. The number of fused-ring (bicyclic) bond motifs is 4. The number of ether oxygens (including phenoxy) is 2. The average Bonchev–Trinajstić information content (AvgIpc) is 3.81. The molecule has 4 aliphatic carbocycles. The van der Waals surface area contributed by atoms with Crippen LogP contribution in [0.2, 0.25) is 0 Å². The van der Waals surface area contributed by atoms with Crippen molar-refractivity contribution < 1.29 is 67.0 Å². The van der Waals surface area contributed by atoms with Gasteiger partial charge in [-0.3, -0.25) is 9.59 Å². The van der Waals surface area contributed by atoms with E-state index in [4.69, 9.17) is 14.9 Å². The number of epoxide rings is 1. The normalized spacial score (nSPS) is 20.0. The van der Waals surface area contributed by atoms with Crippen molar-refractivity contribution in [1.82, 2.24) is 0 Å². The molecule has 8 heteroatoms. The van der Waals surface area contributed by atoms with Gasteiger partial charge in [-0.05, 0) is 115 Å². The number of benzene rings is 4. The third-order valence-corrected chi connectivity index (χ3v) is 15.6. The summed E-state index contributed by atoms with van der Waals surface area (Å²) >= 11 is 0. The third kappa shape index (κ3) is 34.4. The summed E-state index contributed by atoms with van der Waals surface area (Å²) < 4.78 is 10.2. The predicted octanol–water partition coefficient (Wildman–Crippen LogP) is 13.8. The molecule has 0 spiro atoms. The van der Waals surface area contributed by atoms with Gasteiger partial charge >= 0.3 is 49.7 Å². The molecule has 9 rings (SSSR count). The van der Waals surface area contributed by atoms with Crippen molar-refractivity contribution in [2.75, 3.05) is 26.4 Å². The minimum Gasteiger partial charge on any atom is -0.481 e. The van der Waals surface area contributed by atoms with Gasteiger partial charge in [0.05, 0.1) is 31.7 Å². The molecule has 11 atom stereocenters. The maximum absolute atomic E-state index is 12.4. The van der Waals surface area contributed by atoms with Gasteiger partial charge in [0.1, 0.15) is 0 Å². The van der Waals surface area contributed by atoms with E-state index in [0.717, 1.165) is 70.0 Å². The fraction of sp³-hybridized carbons (Fsp3) is 0.534. The number of aliphatic hydroxyl groups is 1. The van der Waals surface area contributed by atoms with Crippen LogP contribution < -0.4 is 37.7 Å². The Balaban J connectivity index is -0.000000935. The van der Waals surface area contributed by atoms with E-state index in [9.17, 15) is 9.59 Å². The number of esters is 1. The molecule has 3 fully saturated rings. The van der Waals surface area contributed by atoms with Gasteiger partial charge in [0.15, 0.2) is 0 Å². The molecule has 2 N–H and O–H groups in total. The Morgan fingerprint density at radius 2 is 1.04 bits per heavy atom. The summed E-state index contributed by atoms with van der Waals surface area (Å²) in [5.74, 6) is 4.68. The molecule has 0 radical (unpaired) electrons. The molecule has 1 aliphatic heterocycles. The molecule has 81 heavy (non-hydrogen) atoms. The smallest absolute Gasteiger partial charge is 0.481 e. The molecule has 442 valence electrons. The molecule has 1 saturated heterocycles. The van der Waals surface area contributed by atoms with Crippen LogP contribution >= 0.6 is 0 Å². The number of hydrogen-bond acceptors (Lipinski definition) is 5. The van der Waals surface area contributed by atoms with Crippen LogP contribution in [0.25, 0.3) is 6.08 Å². The van der Waals surface area contributed by atoms with Gasteiger partial charge in [0.2, 0.25) is 0 Å². The first-order chi connectivity index (χ1) is 36.9. The SMILES string of the molecule is C.C.C.C1CO1.C=Cc1ccccc1.CCC(C)CC(CCO)c1ccccc1.CCC(C)CC(CCOC(=O)[C@@H]1CC2C=CC1C2)c1ccccc1.CCC(C)C[CH-]c1ccccc1.C[CH-]CC.O=C(O)[C@@H]1CC2C=CC1C2.[Li+].[Li+]. The molecule has 0 amide bonds. The summed E-state index contributed by atoms with van der Waals surface area (Å²) in [5, 5.41) is 17.8. The van der Waals surface area contributed by atoms with Gasteiger partial charge in [-0.15, -0.1) is 12.1 Å². The van der Waals surface area contributed by atoms with Gasteiger partial charge in [0.25, 0.3) is 0 Å². The topological polar surface area (TPSA) is 96.4 Å². The van der Waals surface area contributed by atoms with E-state index < -0.39 is 5.97 Å². The summed E-state index contributed by atoms with van der Waals surface area (Å²) in [4.78, 5) is 22.9. The fourth-order valence-corrected chi connectivity index (χ4v) is 9.96. The second-order valence-corrected chi connectivity index (χ2v) is 21.7. The molecule has 4 aromatic rings. The maximum Gasteiger partial charge on any atom is 1.00 e. The molecular formula is C73H112Li2O6. The number of aliphatic hydroxyl groups excluding tert-OH is 1. The van der Waals surface area contributed by atoms with Crippen molar-refractivity contribution in [2.24, 2.45) is 53.3 Å². The summed E-state index contributed by atoms with van der Waals surface area (Å²) in [5.41, 5.74) is 5.26. The van der Waals surface area contributed by atoms with Crippen LogP contribution in [0.5, 0.6) is 0 Å². The van der Waals surface area contributed by atoms with Crippen molar-refractivity contribution in [3.8, 4) is 0 Å². The average molecular weight is 1100 g/mol. The van der Waals surface area contributed by atoms with Crippen molar-refractivity contribution in [3.63, 3.8) is 0 Å². The number of aliphatic carboxylic acids is 1. The zero-order chi connectivity index (χ0) is 55.3. The van der Waals surface area contributed by atoms with Gasteiger partial charge in [-0.1, -0.05) is 236 Å². The monoisotopic (exact) mass is 1100 g/mol. The van der Waals surface area contributed by atoms with E-state index in [1.165, 1.54) is 60.8 Å². The predicted molar refractivity (Wildman–Crippen MR) is 341 cm³/mol. The zero-order valence-corrected chi connectivity index (χ0v) is 50.2. The van der Waals surface area contributed by atoms with Crippen LogP contribution in [0.4, 0.5) is 0 Å². The van der Waals surface area contributed by atoms with Crippen LogP contribution in [-0.4, -0.2) is 48.6 Å². The first kappa shape index (κ1) is 81.2. The van der Waals surface area contributed by atoms with E-state index in [1.807, 2.05) is 42.5 Å². The number of carbonyl (C=O) groups excluding carboxylic acids is 1. The number of carboxylic acids is 1. The second kappa shape index (κ2) is 49.5. The Labute approximate surface area is 521 Å². The van der Waals surface area contributed by atoms with E-state index in [2.05, 4.69) is 189 Å². The number of allylic oxidation sites excluding steroid dienone is 4. The van der Waals surface area contributed by atoms with Crippen molar-refractivity contribution in [3.05, 3.63) is 187 Å². The van der Waals surface area contributed by atoms with E-state index in [1.54, 1.807) is 0 Å². The minimum absolute atomic E-state index is 0. The summed E-state index contributed by atoms with van der Waals surface area (Å²) in [6.45, 7) is 24.2. The standard InChI is InChI=1S/C22H30O2.C14H22O.C12H17.C8H10O2.C8H8.C4H9.C2H4O.3CH4.2Li/c1-3-16(2)13-19(18-7-5-4-6-8-18)11-12-24-22(23)21-15-17-9-10-20(21)14-17;1-3-12(2)11-14(9-10-15)13-7-5-4-6-8-13;1-3-11(2)9-10-12-7-5-4-6-8-12;9-8(10)7-4-5-1-2-6(7)3-5;1-2-8-6-4-3-5-7-8;1-3-4-2;1-2-3-1;;;;;/h4-10,16-17,19-21H,3,11-15H2,1-2H3;4-8,12,14-15H,3,9-11H2,1-2H3;4-8,10-11H,3,9H2,1-2H3;1-2,5-7H,3-4H2,(H,9,10);2-7H,1H2;3H,4H2,1-2H3;1-2H2;3*1H4;;/q;;-1;;;-1;;;;;2*+1/t16?,17?,19?,20?,21-;;;5?,6?,7-;;;;;;;;/m1..1......../s1. The molecule has 5 aliphatic rings. The quantitative estimate of drug-likeness (QED) is 0.0284. The number of unbranched alkanes of at least 4 members (excludes halogenated alkanes) is 1. The Hall–Kier alpha value is -3.98. The molecular weight excluding hydrogens is 987 g/mol. The van der Waals surface area contributed by atoms with Crippen molar-refractivity contribution in [2.45, 2.75) is 173 Å². The number of carbonyl (C=O) groups is 2. The van der Waals surface area contributed by atoms with Crippen LogP contribution in [0.3, 0.4) is 0 Å². The molecule has 1 heterocycles. The van der Waals surface area contributed by atoms with Gasteiger partial charge in [0, 0.05) is 6.61 Å². The Morgan fingerprint density at radius 1 is 0.630 bits per heavy atom. The minimum atomic E-state index is -0.614. The molecule has 4 aromatic carbocycles. The number of rotatable bonds is 21. The summed E-state index contributed by atoms with van der Waals surface area (Å²) in [6.07, 6.45) is 29.3. The first-order valence-electron chi connectivity index (χ1n) is 29.3. The van der Waals surface area contributed by atoms with Crippen LogP contribution in [0.1, 0.15) is 195 Å². The molecule has 9 unspecified atom stereocenters. The summed E-state index contributed by atoms with van der Waals surface area (Å²) in [6, 6.07) is 41.8.